The zero-order valence-electron chi connectivity index (χ0n) is 12.6. The van der Waals surface area contributed by atoms with E-state index in [1.54, 1.807) is 0 Å². The molecule has 1 atom stereocenters. The Morgan fingerprint density at radius 3 is 2.95 bits per heavy atom. The van der Waals surface area contributed by atoms with E-state index in [1.807, 2.05) is 0 Å². The fourth-order valence-electron chi connectivity index (χ4n) is 2.92. The van der Waals surface area contributed by atoms with Crippen molar-refractivity contribution in [1.29, 1.82) is 0 Å². The molecule has 0 amide bonds. The second-order valence-electron chi connectivity index (χ2n) is 5.97. The van der Waals surface area contributed by atoms with Crippen molar-refractivity contribution in [2.75, 3.05) is 39.5 Å². The zero-order chi connectivity index (χ0) is 14.3. The van der Waals surface area contributed by atoms with Gasteiger partial charge in [-0.2, -0.15) is 4.98 Å². The number of hydrogen-bond donors (Lipinski definition) is 1. The molecule has 2 fully saturated rings. The molecule has 0 aromatic carbocycles. The van der Waals surface area contributed by atoms with Gasteiger partial charge in [0, 0.05) is 32.8 Å². The van der Waals surface area contributed by atoms with Crippen LogP contribution in [0.25, 0.3) is 0 Å². The summed E-state index contributed by atoms with van der Waals surface area (Å²) in [5.74, 6) is 2.57. The SMILES string of the molecule is C1CNCC(c2nc(CCOCC3CCOCC3)no2)C1. The maximum absolute atomic E-state index is 5.74. The normalized spacial score (nSPS) is 24.3. The van der Waals surface area contributed by atoms with Crippen molar-refractivity contribution in [1.82, 2.24) is 15.5 Å². The molecule has 1 aromatic heterocycles. The summed E-state index contributed by atoms with van der Waals surface area (Å²) in [4.78, 5) is 4.50. The van der Waals surface area contributed by atoms with Crippen LogP contribution in [0.1, 0.15) is 43.3 Å². The molecule has 0 spiro atoms. The van der Waals surface area contributed by atoms with E-state index < -0.39 is 0 Å². The van der Waals surface area contributed by atoms with Crippen molar-refractivity contribution < 1.29 is 14.0 Å². The first kappa shape index (κ1) is 14.9. The predicted octanol–water partition coefficient (Wildman–Crippen LogP) is 1.52. The summed E-state index contributed by atoms with van der Waals surface area (Å²) in [7, 11) is 0. The van der Waals surface area contributed by atoms with Gasteiger partial charge in [0.05, 0.1) is 12.5 Å². The molecule has 118 valence electrons. The number of rotatable bonds is 6. The van der Waals surface area contributed by atoms with Gasteiger partial charge in [-0.1, -0.05) is 5.16 Å². The van der Waals surface area contributed by atoms with Crippen molar-refractivity contribution >= 4 is 0 Å². The molecule has 0 bridgehead atoms. The fraction of sp³-hybridized carbons (Fsp3) is 0.867. The molecule has 1 unspecified atom stereocenters. The fourth-order valence-corrected chi connectivity index (χ4v) is 2.92. The van der Waals surface area contributed by atoms with Crippen LogP contribution in [0.4, 0.5) is 0 Å². The summed E-state index contributed by atoms with van der Waals surface area (Å²) in [5, 5.41) is 7.43. The molecule has 2 saturated heterocycles. The smallest absolute Gasteiger partial charge is 0.231 e. The number of piperidine rings is 1. The molecule has 1 aromatic rings. The molecule has 6 nitrogen and oxygen atoms in total. The van der Waals surface area contributed by atoms with E-state index in [2.05, 4.69) is 15.5 Å². The molecular formula is C15H25N3O3. The molecule has 0 aliphatic carbocycles. The van der Waals surface area contributed by atoms with Crippen LogP contribution >= 0.6 is 0 Å². The average Bonchev–Trinajstić information content (AvgIpc) is 3.02. The minimum Gasteiger partial charge on any atom is -0.381 e. The average molecular weight is 295 g/mol. The number of nitrogens with one attached hydrogen (secondary N) is 1. The first-order valence-corrected chi connectivity index (χ1v) is 8.10. The number of ether oxygens (including phenoxy) is 2. The van der Waals surface area contributed by atoms with Crippen LogP contribution in [-0.2, 0) is 15.9 Å². The third-order valence-electron chi connectivity index (χ3n) is 4.29. The Bertz CT molecular complexity index is 412. The Balaban J connectivity index is 1.36. The van der Waals surface area contributed by atoms with Crippen LogP contribution in [0.15, 0.2) is 4.52 Å². The highest BCUT2D eigenvalue weighted by Gasteiger charge is 2.21. The molecule has 3 rings (SSSR count). The van der Waals surface area contributed by atoms with Gasteiger partial charge in [-0.3, -0.25) is 0 Å². The second kappa shape index (κ2) is 7.87. The Morgan fingerprint density at radius 1 is 1.24 bits per heavy atom. The van der Waals surface area contributed by atoms with Crippen molar-refractivity contribution in [3.8, 4) is 0 Å². The van der Waals surface area contributed by atoms with Crippen molar-refractivity contribution in [2.45, 2.75) is 38.0 Å². The monoisotopic (exact) mass is 295 g/mol. The largest absolute Gasteiger partial charge is 0.381 e. The van der Waals surface area contributed by atoms with E-state index in [9.17, 15) is 0 Å². The summed E-state index contributed by atoms with van der Waals surface area (Å²) in [6.07, 6.45) is 5.26. The quantitative estimate of drug-likeness (QED) is 0.803. The lowest BCUT2D eigenvalue weighted by Crippen LogP contribution is -2.28. The third-order valence-corrected chi connectivity index (χ3v) is 4.29. The van der Waals surface area contributed by atoms with E-state index in [1.165, 1.54) is 6.42 Å². The molecule has 0 saturated carbocycles. The van der Waals surface area contributed by atoms with Gasteiger partial charge in [0.1, 0.15) is 0 Å². The summed E-state index contributed by atoms with van der Waals surface area (Å²) >= 11 is 0. The van der Waals surface area contributed by atoms with Gasteiger partial charge in [0.25, 0.3) is 0 Å². The van der Waals surface area contributed by atoms with Crippen LogP contribution < -0.4 is 5.32 Å². The van der Waals surface area contributed by atoms with Gasteiger partial charge in [-0.15, -0.1) is 0 Å². The summed E-state index contributed by atoms with van der Waals surface area (Å²) in [6, 6.07) is 0. The van der Waals surface area contributed by atoms with Crippen LogP contribution in [0.2, 0.25) is 0 Å². The third kappa shape index (κ3) is 4.49. The zero-order valence-corrected chi connectivity index (χ0v) is 12.6. The topological polar surface area (TPSA) is 69.4 Å². The number of aromatic nitrogens is 2. The Labute approximate surface area is 125 Å². The highest BCUT2D eigenvalue weighted by Crippen LogP contribution is 2.21. The van der Waals surface area contributed by atoms with Gasteiger partial charge in [-0.25, -0.2) is 0 Å². The molecule has 6 heteroatoms. The summed E-state index contributed by atoms with van der Waals surface area (Å²) in [5.41, 5.74) is 0. The minimum atomic E-state index is 0.378. The Morgan fingerprint density at radius 2 is 2.14 bits per heavy atom. The maximum Gasteiger partial charge on any atom is 0.231 e. The van der Waals surface area contributed by atoms with E-state index in [0.29, 0.717) is 18.4 Å². The lowest BCUT2D eigenvalue weighted by molar-refractivity contribution is 0.0211. The Hall–Kier alpha value is -0.980. The van der Waals surface area contributed by atoms with E-state index in [4.69, 9.17) is 14.0 Å². The van der Waals surface area contributed by atoms with Gasteiger partial charge in [-0.05, 0) is 38.1 Å². The van der Waals surface area contributed by atoms with Gasteiger partial charge in [0.2, 0.25) is 5.89 Å². The molecule has 21 heavy (non-hydrogen) atoms. The number of hydrogen-bond acceptors (Lipinski definition) is 6. The molecule has 3 heterocycles. The highest BCUT2D eigenvalue weighted by atomic mass is 16.5. The van der Waals surface area contributed by atoms with E-state index in [-0.39, 0.29) is 0 Å². The lowest BCUT2D eigenvalue weighted by Gasteiger charge is -2.21. The van der Waals surface area contributed by atoms with Crippen molar-refractivity contribution in [3.05, 3.63) is 11.7 Å². The molecule has 2 aliphatic rings. The molecule has 2 aliphatic heterocycles. The van der Waals surface area contributed by atoms with Crippen molar-refractivity contribution in [3.63, 3.8) is 0 Å². The van der Waals surface area contributed by atoms with E-state index in [0.717, 1.165) is 70.3 Å². The van der Waals surface area contributed by atoms with Gasteiger partial charge in [0.15, 0.2) is 5.82 Å². The van der Waals surface area contributed by atoms with Crippen LogP contribution in [0, 0.1) is 5.92 Å². The molecule has 0 radical (unpaired) electrons. The van der Waals surface area contributed by atoms with Gasteiger partial charge >= 0.3 is 0 Å². The number of nitrogens with zero attached hydrogens (tertiary/aromatic N) is 2. The Kier molecular flexibility index (Phi) is 5.60. The standard InChI is InChI=1S/C15H25N3O3/c1-2-13(10-16-6-1)15-17-14(18-21-15)5-9-20-11-12-3-7-19-8-4-12/h12-13,16H,1-11H2. The van der Waals surface area contributed by atoms with Crippen LogP contribution in [0.5, 0.6) is 0 Å². The summed E-state index contributed by atoms with van der Waals surface area (Å²) in [6.45, 7) is 5.27. The van der Waals surface area contributed by atoms with Crippen LogP contribution in [0.3, 0.4) is 0 Å². The van der Waals surface area contributed by atoms with Gasteiger partial charge < -0.3 is 19.3 Å². The predicted molar refractivity (Wildman–Crippen MR) is 77.2 cm³/mol. The van der Waals surface area contributed by atoms with Crippen LogP contribution in [-0.4, -0.2) is 49.7 Å². The summed E-state index contributed by atoms with van der Waals surface area (Å²) < 4.78 is 16.5. The molecule has 1 N–H and O–H groups in total. The highest BCUT2D eigenvalue weighted by molar-refractivity contribution is 4.96. The van der Waals surface area contributed by atoms with Crippen molar-refractivity contribution in [2.24, 2.45) is 5.92 Å². The second-order valence-corrected chi connectivity index (χ2v) is 5.97. The minimum absolute atomic E-state index is 0.378. The van der Waals surface area contributed by atoms with E-state index >= 15 is 0 Å². The lowest BCUT2D eigenvalue weighted by atomic mass is 10.00. The first-order valence-electron chi connectivity index (χ1n) is 8.10. The molecular weight excluding hydrogens is 270 g/mol. The first-order chi connectivity index (χ1) is 10.4. The maximum atomic E-state index is 5.74.